The number of allylic oxidation sites excluding steroid dienone is 3. The van der Waals surface area contributed by atoms with E-state index in [1.165, 1.54) is 0 Å². The molecule has 0 fully saturated rings. The monoisotopic (exact) mass is 294 g/mol. The SMILES string of the molecule is C=CCC(C/C=C/CCCC)(C(N)=O)C(=O)N(CC)CC. The summed E-state index contributed by atoms with van der Waals surface area (Å²) < 4.78 is 0. The Morgan fingerprint density at radius 3 is 2.19 bits per heavy atom. The van der Waals surface area contributed by atoms with Crippen molar-refractivity contribution in [3.63, 3.8) is 0 Å². The molecule has 0 aliphatic rings. The molecule has 0 aliphatic heterocycles. The number of nitrogens with two attached hydrogens (primary N) is 1. The van der Waals surface area contributed by atoms with Crippen LogP contribution in [0.5, 0.6) is 0 Å². The first-order valence-corrected chi connectivity index (χ1v) is 7.85. The zero-order valence-electron chi connectivity index (χ0n) is 13.7. The van der Waals surface area contributed by atoms with Crippen molar-refractivity contribution in [2.45, 2.75) is 52.9 Å². The van der Waals surface area contributed by atoms with E-state index in [0.717, 1.165) is 19.3 Å². The predicted molar refractivity (Wildman–Crippen MR) is 87.7 cm³/mol. The number of primary amides is 1. The molecule has 4 nitrogen and oxygen atoms in total. The van der Waals surface area contributed by atoms with Crippen molar-refractivity contribution >= 4 is 11.8 Å². The van der Waals surface area contributed by atoms with Crippen molar-refractivity contribution in [1.29, 1.82) is 0 Å². The van der Waals surface area contributed by atoms with Crippen molar-refractivity contribution in [2.24, 2.45) is 11.1 Å². The van der Waals surface area contributed by atoms with Crippen LogP contribution in [0.4, 0.5) is 0 Å². The summed E-state index contributed by atoms with van der Waals surface area (Å²) in [7, 11) is 0. The topological polar surface area (TPSA) is 63.4 Å². The molecule has 1 atom stereocenters. The minimum Gasteiger partial charge on any atom is -0.369 e. The quantitative estimate of drug-likeness (QED) is 0.361. The van der Waals surface area contributed by atoms with E-state index in [0.29, 0.717) is 19.5 Å². The second-order valence-corrected chi connectivity index (χ2v) is 5.23. The highest BCUT2D eigenvalue weighted by atomic mass is 16.2. The second kappa shape index (κ2) is 10.2. The molecule has 2 amide bonds. The summed E-state index contributed by atoms with van der Waals surface area (Å²) in [6.07, 6.45) is 9.33. The highest BCUT2D eigenvalue weighted by molar-refractivity contribution is 6.04. The molecule has 4 heteroatoms. The average molecular weight is 294 g/mol. The van der Waals surface area contributed by atoms with Crippen LogP contribution in [0.2, 0.25) is 0 Å². The molecule has 0 saturated heterocycles. The molecule has 21 heavy (non-hydrogen) atoms. The van der Waals surface area contributed by atoms with Gasteiger partial charge in [-0.05, 0) is 33.1 Å². The van der Waals surface area contributed by atoms with Crippen molar-refractivity contribution in [3.8, 4) is 0 Å². The molecule has 0 aliphatic carbocycles. The number of carbonyl (C=O) groups is 2. The average Bonchev–Trinajstić information content (AvgIpc) is 2.46. The van der Waals surface area contributed by atoms with E-state index >= 15 is 0 Å². The number of unbranched alkanes of at least 4 members (excludes halogenated alkanes) is 2. The van der Waals surface area contributed by atoms with Gasteiger partial charge in [-0.3, -0.25) is 9.59 Å². The third kappa shape index (κ3) is 5.37. The largest absolute Gasteiger partial charge is 0.369 e. The summed E-state index contributed by atoms with van der Waals surface area (Å²) in [5, 5.41) is 0. The number of hydrogen-bond donors (Lipinski definition) is 1. The summed E-state index contributed by atoms with van der Waals surface area (Å²) in [6.45, 7) is 10.7. The van der Waals surface area contributed by atoms with Gasteiger partial charge in [0, 0.05) is 13.1 Å². The lowest BCUT2D eigenvalue weighted by molar-refractivity contribution is -0.148. The van der Waals surface area contributed by atoms with E-state index in [2.05, 4.69) is 13.5 Å². The highest BCUT2D eigenvalue weighted by Crippen LogP contribution is 2.30. The van der Waals surface area contributed by atoms with Crippen molar-refractivity contribution in [1.82, 2.24) is 4.90 Å². The van der Waals surface area contributed by atoms with Crippen LogP contribution in [0, 0.1) is 5.41 Å². The summed E-state index contributed by atoms with van der Waals surface area (Å²) in [5.41, 5.74) is 4.38. The first-order valence-electron chi connectivity index (χ1n) is 7.85. The van der Waals surface area contributed by atoms with Gasteiger partial charge >= 0.3 is 0 Å². The summed E-state index contributed by atoms with van der Waals surface area (Å²) >= 11 is 0. The molecule has 0 aromatic rings. The van der Waals surface area contributed by atoms with E-state index in [-0.39, 0.29) is 12.3 Å². The Labute approximate surface area is 129 Å². The van der Waals surface area contributed by atoms with Gasteiger partial charge in [0.05, 0.1) is 0 Å². The van der Waals surface area contributed by atoms with E-state index in [1.54, 1.807) is 11.0 Å². The van der Waals surface area contributed by atoms with Crippen molar-refractivity contribution < 1.29 is 9.59 Å². The molecule has 0 bridgehead atoms. The molecular formula is C17H30N2O2. The molecule has 0 aromatic heterocycles. The normalized spacial score (nSPS) is 13.9. The number of carbonyl (C=O) groups excluding carboxylic acids is 2. The van der Waals surface area contributed by atoms with E-state index in [1.807, 2.05) is 26.0 Å². The molecule has 0 saturated carbocycles. The third-order valence-electron chi connectivity index (χ3n) is 3.78. The lowest BCUT2D eigenvalue weighted by atomic mass is 9.78. The van der Waals surface area contributed by atoms with Gasteiger partial charge in [0.1, 0.15) is 5.41 Å². The van der Waals surface area contributed by atoms with Crippen LogP contribution in [0.3, 0.4) is 0 Å². The maximum Gasteiger partial charge on any atom is 0.238 e. The standard InChI is InChI=1S/C17H30N2O2/c1-5-9-10-11-12-14-17(13-6-2,15(18)20)16(21)19(7-3)8-4/h6,11-12H,2,5,7-10,13-14H2,1,3-4H3,(H2,18,20)/b12-11+. The Morgan fingerprint density at radius 2 is 1.76 bits per heavy atom. The van der Waals surface area contributed by atoms with Gasteiger partial charge in [-0.1, -0.05) is 38.0 Å². The van der Waals surface area contributed by atoms with Gasteiger partial charge in [-0.2, -0.15) is 0 Å². The molecule has 120 valence electrons. The lowest BCUT2D eigenvalue weighted by Gasteiger charge is -2.32. The van der Waals surface area contributed by atoms with Crippen LogP contribution in [0.1, 0.15) is 52.9 Å². The Morgan fingerprint density at radius 1 is 1.14 bits per heavy atom. The number of nitrogens with zero attached hydrogens (tertiary/aromatic N) is 1. The Kier molecular flexibility index (Phi) is 9.42. The van der Waals surface area contributed by atoms with Crippen LogP contribution < -0.4 is 5.73 Å². The lowest BCUT2D eigenvalue weighted by Crippen LogP contribution is -2.51. The van der Waals surface area contributed by atoms with E-state index in [9.17, 15) is 9.59 Å². The van der Waals surface area contributed by atoms with Gasteiger partial charge in [0.2, 0.25) is 11.8 Å². The fourth-order valence-electron chi connectivity index (χ4n) is 2.35. The van der Waals surface area contributed by atoms with Gasteiger partial charge in [-0.25, -0.2) is 0 Å². The van der Waals surface area contributed by atoms with E-state index in [4.69, 9.17) is 5.73 Å². The number of amides is 2. The Hall–Kier alpha value is -1.58. The highest BCUT2D eigenvalue weighted by Gasteiger charge is 2.44. The Bertz CT molecular complexity index is 373. The summed E-state index contributed by atoms with van der Waals surface area (Å²) in [5.74, 6) is -0.764. The van der Waals surface area contributed by atoms with Gasteiger partial charge in [-0.15, -0.1) is 6.58 Å². The van der Waals surface area contributed by atoms with Gasteiger partial charge < -0.3 is 10.6 Å². The summed E-state index contributed by atoms with van der Waals surface area (Å²) in [6, 6.07) is 0. The van der Waals surface area contributed by atoms with Gasteiger partial charge in [0.25, 0.3) is 0 Å². The van der Waals surface area contributed by atoms with Crippen LogP contribution in [0.25, 0.3) is 0 Å². The zero-order chi connectivity index (χ0) is 16.3. The first-order chi connectivity index (χ1) is 9.99. The molecule has 0 rings (SSSR count). The van der Waals surface area contributed by atoms with Crippen molar-refractivity contribution in [3.05, 3.63) is 24.8 Å². The number of hydrogen-bond acceptors (Lipinski definition) is 2. The fraction of sp³-hybridized carbons (Fsp3) is 0.647. The molecule has 0 spiro atoms. The molecule has 2 N–H and O–H groups in total. The zero-order valence-corrected chi connectivity index (χ0v) is 13.7. The maximum absolute atomic E-state index is 12.7. The van der Waals surface area contributed by atoms with Crippen molar-refractivity contribution in [2.75, 3.05) is 13.1 Å². The molecular weight excluding hydrogens is 264 g/mol. The van der Waals surface area contributed by atoms with Crippen LogP contribution in [-0.2, 0) is 9.59 Å². The molecule has 0 aromatic carbocycles. The number of rotatable bonds is 11. The molecule has 0 heterocycles. The molecule has 1 unspecified atom stereocenters. The van der Waals surface area contributed by atoms with Crippen LogP contribution in [0.15, 0.2) is 24.8 Å². The smallest absolute Gasteiger partial charge is 0.238 e. The second-order valence-electron chi connectivity index (χ2n) is 5.23. The van der Waals surface area contributed by atoms with Gasteiger partial charge in [0.15, 0.2) is 0 Å². The minimum atomic E-state index is -1.20. The van der Waals surface area contributed by atoms with Crippen LogP contribution >= 0.6 is 0 Å². The predicted octanol–water partition coefficient (Wildman–Crippen LogP) is 3.04. The molecule has 0 radical (unpaired) electrons. The third-order valence-corrected chi connectivity index (χ3v) is 3.78. The maximum atomic E-state index is 12.7. The van der Waals surface area contributed by atoms with Crippen LogP contribution in [-0.4, -0.2) is 29.8 Å². The first kappa shape index (κ1) is 19.4. The summed E-state index contributed by atoms with van der Waals surface area (Å²) in [4.78, 5) is 26.4. The van der Waals surface area contributed by atoms with E-state index < -0.39 is 11.3 Å². The minimum absolute atomic E-state index is 0.194. The Balaban J connectivity index is 5.24. The fourth-order valence-corrected chi connectivity index (χ4v) is 2.35.